The Morgan fingerprint density at radius 3 is 2.86 bits per heavy atom. The van der Waals surface area contributed by atoms with Crippen molar-refractivity contribution in [3.05, 3.63) is 30.1 Å². The van der Waals surface area contributed by atoms with Gasteiger partial charge in [0, 0.05) is 16.3 Å². The first-order valence-electron chi connectivity index (χ1n) is 6.18. The standard InChI is InChI=1S/C11H16N6O2S2/c1-8(11-13-16-17-14-11)15-21(18,19)7-6-20-10-5-3-2-4-9(10)12/h2-5,8,15H,6-7,12H2,1H3,(H,13,14,16,17). The maximum absolute atomic E-state index is 12.0. The van der Waals surface area contributed by atoms with E-state index in [1.165, 1.54) is 11.8 Å². The molecule has 1 unspecified atom stereocenters. The summed E-state index contributed by atoms with van der Waals surface area (Å²) in [4.78, 5) is 0.874. The van der Waals surface area contributed by atoms with Crippen molar-refractivity contribution in [2.24, 2.45) is 0 Å². The van der Waals surface area contributed by atoms with Crippen LogP contribution < -0.4 is 10.5 Å². The van der Waals surface area contributed by atoms with Crippen molar-refractivity contribution in [3.63, 3.8) is 0 Å². The molecule has 114 valence electrons. The summed E-state index contributed by atoms with van der Waals surface area (Å²) in [6.45, 7) is 1.66. The molecule has 1 aromatic heterocycles. The van der Waals surface area contributed by atoms with Crippen LogP contribution in [-0.4, -0.2) is 40.5 Å². The molecule has 1 heterocycles. The van der Waals surface area contributed by atoms with Gasteiger partial charge in [-0.3, -0.25) is 0 Å². The number of nitrogens with zero attached hydrogens (tertiary/aromatic N) is 3. The van der Waals surface area contributed by atoms with Crippen molar-refractivity contribution < 1.29 is 8.42 Å². The molecule has 0 aliphatic carbocycles. The third-order valence-electron chi connectivity index (χ3n) is 2.63. The van der Waals surface area contributed by atoms with Crippen LogP contribution in [0, 0.1) is 0 Å². The van der Waals surface area contributed by atoms with E-state index in [1.54, 1.807) is 13.0 Å². The first-order chi connectivity index (χ1) is 9.98. The molecule has 1 aromatic carbocycles. The molecule has 0 bridgehead atoms. The second-order valence-electron chi connectivity index (χ2n) is 4.31. The van der Waals surface area contributed by atoms with Gasteiger partial charge in [0.25, 0.3) is 0 Å². The second kappa shape index (κ2) is 6.87. The Bertz CT molecular complexity index is 674. The van der Waals surface area contributed by atoms with Crippen LogP contribution in [0.25, 0.3) is 0 Å². The van der Waals surface area contributed by atoms with Gasteiger partial charge in [0.15, 0.2) is 5.82 Å². The van der Waals surface area contributed by atoms with Crippen LogP contribution in [-0.2, 0) is 10.0 Å². The maximum Gasteiger partial charge on any atom is 0.213 e. The molecule has 8 nitrogen and oxygen atoms in total. The van der Waals surface area contributed by atoms with Gasteiger partial charge >= 0.3 is 0 Å². The fourth-order valence-electron chi connectivity index (χ4n) is 1.61. The lowest BCUT2D eigenvalue weighted by Gasteiger charge is -2.11. The highest BCUT2D eigenvalue weighted by Gasteiger charge is 2.18. The minimum absolute atomic E-state index is 0.0197. The highest BCUT2D eigenvalue weighted by molar-refractivity contribution is 8.00. The smallest absolute Gasteiger partial charge is 0.213 e. The van der Waals surface area contributed by atoms with E-state index in [-0.39, 0.29) is 5.75 Å². The van der Waals surface area contributed by atoms with Crippen LogP contribution in [0.2, 0.25) is 0 Å². The Hall–Kier alpha value is -1.65. The lowest BCUT2D eigenvalue weighted by molar-refractivity contribution is 0.561. The number of anilines is 1. The number of aromatic amines is 1. The number of benzene rings is 1. The van der Waals surface area contributed by atoms with Crippen molar-refractivity contribution in [2.75, 3.05) is 17.2 Å². The zero-order valence-electron chi connectivity index (χ0n) is 11.4. The molecule has 0 radical (unpaired) electrons. The number of para-hydroxylation sites is 1. The van der Waals surface area contributed by atoms with Crippen molar-refractivity contribution in [1.29, 1.82) is 0 Å². The molecular weight excluding hydrogens is 312 g/mol. The van der Waals surface area contributed by atoms with Gasteiger partial charge in [0.1, 0.15) is 0 Å². The Balaban J connectivity index is 1.86. The number of nitrogens with two attached hydrogens (primary N) is 1. The van der Waals surface area contributed by atoms with E-state index in [2.05, 4.69) is 25.3 Å². The summed E-state index contributed by atoms with van der Waals surface area (Å²) < 4.78 is 26.4. The van der Waals surface area contributed by atoms with Gasteiger partial charge in [0.05, 0.1) is 11.8 Å². The number of hydrogen-bond donors (Lipinski definition) is 3. The van der Waals surface area contributed by atoms with Gasteiger partial charge in [0.2, 0.25) is 10.0 Å². The monoisotopic (exact) mass is 328 g/mol. The number of rotatable bonds is 7. The van der Waals surface area contributed by atoms with Crippen molar-refractivity contribution in [1.82, 2.24) is 25.3 Å². The lowest BCUT2D eigenvalue weighted by atomic mass is 10.3. The molecule has 0 aliphatic heterocycles. The molecule has 1 atom stereocenters. The fraction of sp³-hybridized carbons (Fsp3) is 0.364. The number of nitrogen functional groups attached to an aromatic ring is 1. The first kappa shape index (κ1) is 15.7. The molecule has 0 fully saturated rings. The molecule has 0 saturated heterocycles. The zero-order valence-corrected chi connectivity index (χ0v) is 13.0. The van der Waals surface area contributed by atoms with Gasteiger partial charge in [-0.15, -0.1) is 22.0 Å². The normalized spacial score (nSPS) is 13.2. The largest absolute Gasteiger partial charge is 0.398 e. The first-order valence-corrected chi connectivity index (χ1v) is 8.82. The minimum atomic E-state index is -3.42. The van der Waals surface area contributed by atoms with Crippen molar-refractivity contribution in [3.8, 4) is 0 Å². The van der Waals surface area contributed by atoms with Gasteiger partial charge in [-0.25, -0.2) is 13.1 Å². The number of thioether (sulfide) groups is 1. The molecule has 0 amide bonds. The van der Waals surface area contributed by atoms with Crippen LogP contribution in [0.1, 0.15) is 18.8 Å². The van der Waals surface area contributed by atoms with E-state index in [0.717, 1.165) is 4.90 Å². The number of aromatic nitrogens is 4. The summed E-state index contributed by atoms with van der Waals surface area (Å²) in [6.07, 6.45) is 0. The molecule has 0 saturated carbocycles. The highest BCUT2D eigenvalue weighted by Crippen LogP contribution is 2.24. The van der Waals surface area contributed by atoms with E-state index < -0.39 is 16.1 Å². The van der Waals surface area contributed by atoms with E-state index in [0.29, 0.717) is 17.3 Å². The van der Waals surface area contributed by atoms with Crippen LogP contribution >= 0.6 is 11.8 Å². The second-order valence-corrected chi connectivity index (χ2v) is 7.32. The van der Waals surface area contributed by atoms with E-state index in [9.17, 15) is 8.42 Å². The summed E-state index contributed by atoms with van der Waals surface area (Å²) in [5.74, 6) is 0.690. The zero-order chi connectivity index (χ0) is 15.3. The molecule has 0 aliphatic rings. The van der Waals surface area contributed by atoms with Gasteiger partial charge < -0.3 is 5.73 Å². The quantitative estimate of drug-likeness (QED) is 0.500. The topological polar surface area (TPSA) is 127 Å². The van der Waals surface area contributed by atoms with Crippen LogP contribution in [0.5, 0.6) is 0 Å². The van der Waals surface area contributed by atoms with Gasteiger partial charge in [-0.1, -0.05) is 17.3 Å². The number of nitrogens with one attached hydrogen (secondary N) is 2. The number of tetrazole rings is 1. The van der Waals surface area contributed by atoms with Crippen molar-refractivity contribution in [2.45, 2.75) is 17.9 Å². The summed E-state index contributed by atoms with van der Waals surface area (Å²) in [5.41, 5.74) is 6.45. The minimum Gasteiger partial charge on any atom is -0.398 e. The summed E-state index contributed by atoms with van der Waals surface area (Å²) in [6, 6.07) is 6.82. The molecule has 21 heavy (non-hydrogen) atoms. The van der Waals surface area contributed by atoms with Crippen LogP contribution in [0.15, 0.2) is 29.2 Å². The average molecular weight is 328 g/mol. The van der Waals surface area contributed by atoms with E-state index in [1.807, 2.05) is 18.2 Å². The predicted molar refractivity (Wildman–Crippen MR) is 81.1 cm³/mol. The van der Waals surface area contributed by atoms with E-state index in [4.69, 9.17) is 5.73 Å². The number of sulfonamides is 1. The Labute approximate surface area is 126 Å². The predicted octanol–water partition coefficient (Wildman–Crippen LogP) is 0.555. The number of hydrogen-bond acceptors (Lipinski definition) is 7. The van der Waals surface area contributed by atoms with Gasteiger partial charge in [-0.2, -0.15) is 5.21 Å². The lowest BCUT2D eigenvalue weighted by Crippen LogP contribution is -2.30. The van der Waals surface area contributed by atoms with Crippen LogP contribution in [0.4, 0.5) is 5.69 Å². The summed E-state index contributed by atoms with van der Waals surface area (Å²) in [7, 11) is -3.42. The SMILES string of the molecule is CC(NS(=O)(=O)CCSc1ccccc1N)c1nn[nH]n1. The third-order valence-corrected chi connectivity index (χ3v) is 5.44. The molecule has 0 spiro atoms. The Morgan fingerprint density at radius 2 is 2.19 bits per heavy atom. The molecule has 2 aromatic rings. The molecular formula is C11H16N6O2S2. The molecule has 10 heteroatoms. The summed E-state index contributed by atoms with van der Waals surface area (Å²) >= 11 is 1.40. The van der Waals surface area contributed by atoms with Crippen LogP contribution in [0.3, 0.4) is 0 Å². The Morgan fingerprint density at radius 1 is 1.43 bits per heavy atom. The van der Waals surface area contributed by atoms with Gasteiger partial charge in [-0.05, 0) is 19.1 Å². The number of H-pyrrole nitrogens is 1. The van der Waals surface area contributed by atoms with E-state index >= 15 is 0 Å². The molecule has 2 rings (SSSR count). The Kier molecular flexibility index (Phi) is 5.15. The fourth-order valence-corrected chi connectivity index (χ4v) is 4.21. The highest BCUT2D eigenvalue weighted by atomic mass is 32.2. The van der Waals surface area contributed by atoms with Crippen molar-refractivity contribution >= 4 is 27.5 Å². The molecule has 4 N–H and O–H groups in total. The third kappa shape index (κ3) is 4.69. The average Bonchev–Trinajstić information content (AvgIpc) is 2.94. The summed E-state index contributed by atoms with van der Waals surface area (Å²) in [5, 5.41) is 13.2. The maximum atomic E-state index is 12.0.